The van der Waals surface area contributed by atoms with Crippen LogP contribution in [0.4, 0.5) is 0 Å². The van der Waals surface area contributed by atoms with Crippen LogP contribution in [-0.4, -0.2) is 76.0 Å². The summed E-state index contributed by atoms with van der Waals surface area (Å²) in [7, 11) is -13.0. The first-order valence-electron chi connectivity index (χ1n) is 14.1. The van der Waals surface area contributed by atoms with Crippen LogP contribution in [0.25, 0.3) is 0 Å². The minimum absolute atomic E-state index is 0.0982. The Balaban J connectivity index is 6.01. The number of hydrogen-bond acceptors (Lipinski definition) is 7. The summed E-state index contributed by atoms with van der Waals surface area (Å²) < 4.78 is 34.7. The minimum atomic E-state index is -2.59. The van der Waals surface area contributed by atoms with E-state index in [1.165, 1.54) is 0 Å². The van der Waals surface area contributed by atoms with Gasteiger partial charge < -0.3 is 31.9 Å². The molecule has 7 nitrogen and oxygen atoms in total. The molecule has 0 heterocycles. The van der Waals surface area contributed by atoms with Gasteiger partial charge in [-0.3, -0.25) is 0 Å². The largest absolute Gasteiger partial charge is 0.454 e. The predicted molar refractivity (Wildman–Crippen MR) is 171 cm³/mol. The Hall–Kier alpha value is 1.02. The minimum Gasteiger partial charge on any atom is -0.454 e. The van der Waals surface area contributed by atoms with Crippen molar-refractivity contribution in [3.05, 3.63) is 0 Å². The van der Waals surface area contributed by atoms with E-state index >= 15 is 0 Å². The van der Waals surface area contributed by atoms with E-state index in [0.717, 1.165) is 44.1 Å². The van der Waals surface area contributed by atoms with Crippen molar-refractivity contribution >= 4 is 50.6 Å². The van der Waals surface area contributed by atoms with E-state index in [1.807, 2.05) is 0 Å². The van der Waals surface area contributed by atoms with Crippen molar-refractivity contribution in [2.75, 3.05) is 19.6 Å². The van der Waals surface area contributed by atoms with Crippen LogP contribution in [0.5, 0.6) is 0 Å². The summed E-state index contributed by atoms with van der Waals surface area (Å²) in [5.41, 5.74) is 5.77. The Kier molecular flexibility index (Phi) is 15.6. The van der Waals surface area contributed by atoms with Crippen molar-refractivity contribution < 1.29 is 20.9 Å². The van der Waals surface area contributed by atoms with Crippen molar-refractivity contribution in [3.63, 3.8) is 0 Å². The number of nitrogens with one attached hydrogen (secondary N) is 1. The van der Waals surface area contributed by atoms with Crippen LogP contribution in [0.1, 0.15) is 33.6 Å². The van der Waals surface area contributed by atoms with Crippen molar-refractivity contribution in [2.45, 2.75) is 129 Å². The van der Waals surface area contributed by atoms with Gasteiger partial charge in [0.25, 0.3) is 0 Å². The van der Waals surface area contributed by atoms with Crippen LogP contribution < -0.4 is 11.1 Å². The van der Waals surface area contributed by atoms with Gasteiger partial charge in [0.2, 0.25) is 8.32 Å². The fourth-order valence-corrected chi connectivity index (χ4v) is 32.6. The molecule has 3 N–H and O–H groups in total. The third-order valence-corrected chi connectivity index (χ3v) is 28.6. The Morgan fingerprint density at radius 3 is 1.53 bits per heavy atom. The van der Waals surface area contributed by atoms with Crippen LogP contribution in [0.2, 0.25) is 90.1 Å². The SMILES string of the molecule is CCC(O[Si](C)(CCCNCCN)O[Si](C)(CC)O[Si](C)(CC)O[Si](C)(C)C)[Si](C)(C)O[Si](C)(C)C. The quantitative estimate of drug-likeness (QED) is 0.120. The van der Waals surface area contributed by atoms with Gasteiger partial charge in [0.05, 0.1) is 5.73 Å². The van der Waals surface area contributed by atoms with Crippen molar-refractivity contribution in [3.8, 4) is 0 Å². The fraction of sp³-hybridized carbons (Fsp3) is 1.00. The second-order valence-electron chi connectivity index (χ2n) is 13.0. The summed E-state index contributed by atoms with van der Waals surface area (Å²) in [6.45, 7) is 33.9. The third kappa shape index (κ3) is 15.0. The van der Waals surface area contributed by atoms with Gasteiger partial charge in [0.15, 0.2) is 16.6 Å². The summed E-state index contributed by atoms with van der Waals surface area (Å²) in [5.74, 6) is 0. The summed E-state index contributed by atoms with van der Waals surface area (Å²) in [5, 5.41) is 3.43. The molecule has 0 aromatic rings. The lowest BCUT2D eigenvalue weighted by Crippen LogP contribution is -2.62. The van der Waals surface area contributed by atoms with Crippen molar-refractivity contribution in [2.24, 2.45) is 5.73 Å². The molecule has 13 heteroatoms. The average molecular weight is 615 g/mol. The highest BCUT2D eigenvalue weighted by Crippen LogP contribution is 2.33. The molecule has 0 aliphatic carbocycles. The van der Waals surface area contributed by atoms with Gasteiger partial charge >= 0.3 is 25.7 Å². The monoisotopic (exact) mass is 614 g/mol. The second-order valence-corrected chi connectivity index (χ2v) is 37.5. The average Bonchev–Trinajstić information content (AvgIpc) is 2.68. The number of rotatable bonds is 20. The van der Waals surface area contributed by atoms with E-state index < -0.39 is 50.6 Å². The van der Waals surface area contributed by atoms with Gasteiger partial charge in [-0.05, 0) is 110 Å². The molecule has 0 aliphatic rings. The Morgan fingerprint density at radius 1 is 0.639 bits per heavy atom. The highest BCUT2D eigenvalue weighted by molar-refractivity contribution is 6.90. The molecule has 218 valence electrons. The molecule has 0 aromatic carbocycles. The maximum atomic E-state index is 7.18. The smallest absolute Gasteiger partial charge is 0.326 e. The molecule has 0 rings (SSSR count). The zero-order valence-corrected chi connectivity index (χ0v) is 32.4. The van der Waals surface area contributed by atoms with Crippen LogP contribution >= 0.6 is 0 Å². The Morgan fingerprint density at radius 2 is 1.11 bits per heavy atom. The standard InChI is InChI=1S/C23H62N2O5Si6/c1-15-23(33(10,11)27-31(4,5)6)26-36(14,22-18-20-25-21-19-24)30-35(13,17-3)29-34(12,16-2)28-32(7,8)9/h23,25H,15-22,24H2,1-14H3. The molecule has 0 bridgehead atoms. The van der Waals surface area contributed by atoms with Gasteiger partial charge in [-0.2, -0.15) is 0 Å². The Bertz CT molecular complexity index is 637. The lowest BCUT2D eigenvalue weighted by Gasteiger charge is -2.46. The molecule has 4 atom stereocenters. The van der Waals surface area contributed by atoms with Crippen LogP contribution in [-0.2, 0) is 20.9 Å². The first-order chi connectivity index (χ1) is 16.2. The molecule has 36 heavy (non-hydrogen) atoms. The van der Waals surface area contributed by atoms with Gasteiger partial charge in [-0.25, -0.2) is 0 Å². The van der Waals surface area contributed by atoms with Crippen molar-refractivity contribution in [1.82, 2.24) is 5.32 Å². The summed E-state index contributed by atoms with van der Waals surface area (Å²) in [6.07, 6.45) is 1.94. The molecule has 0 saturated carbocycles. The fourth-order valence-electron chi connectivity index (χ4n) is 4.66. The molecule has 0 amide bonds. The zero-order valence-electron chi connectivity index (χ0n) is 26.4. The molecule has 0 fully saturated rings. The lowest BCUT2D eigenvalue weighted by atomic mass is 10.5. The van der Waals surface area contributed by atoms with Gasteiger partial charge in [0.1, 0.15) is 0 Å². The van der Waals surface area contributed by atoms with E-state index in [9.17, 15) is 0 Å². The van der Waals surface area contributed by atoms with Gasteiger partial charge in [0, 0.05) is 13.1 Å². The summed E-state index contributed by atoms with van der Waals surface area (Å²) in [4.78, 5) is 0. The van der Waals surface area contributed by atoms with Crippen molar-refractivity contribution in [1.29, 1.82) is 0 Å². The molecule has 0 aliphatic heterocycles. The first kappa shape index (κ1) is 37.0. The molecular formula is C23H62N2O5Si6. The van der Waals surface area contributed by atoms with E-state index in [0.29, 0.717) is 6.54 Å². The molecule has 4 unspecified atom stereocenters. The summed E-state index contributed by atoms with van der Waals surface area (Å²) >= 11 is 0. The number of nitrogens with two attached hydrogens (primary N) is 1. The van der Waals surface area contributed by atoms with Crippen LogP contribution in [0.15, 0.2) is 0 Å². The van der Waals surface area contributed by atoms with E-state index in [2.05, 4.69) is 98.1 Å². The second kappa shape index (κ2) is 15.1. The van der Waals surface area contributed by atoms with E-state index in [-0.39, 0.29) is 5.73 Å². The maximum absolute atomic E-state index is 7.18. The lowest BCUT2D eigenvalue weighted by molar-refractivity contribution is 0.173. The predicted octanol–water partition coefficient (Wildman–Crippen LogP) is 6.46. The molecule has 0 aromatic heterocycles. The highest BCUT2D eigenvalue weighted by atomic mass is 28.5. The van der Waals surface area contributed by atoms with Gasteiger partial charge in [-0.1, -0.05) is 20.8 Å². The molecular weight excluding hydrogens is 553 g/mol. The van der Waals surface area contributed by atoms with Gasteiger partial charge in [-0.15, -0.1) is 0 Å². The molecule has 0 spiro atoms. The van der Waals surface area contributed by atoms with Crippen LogP contribution in [0, 0.1) is 0 Å². The zero-order chi connectivity index (χ0) is 28.5. The third-order valence-electron chi connectivity index (χ3n) is 6.08. The topological polar surface area (TPSA) is 84.2 Å². The van der Waals surface area contributed by atoms with E-state index in [1.54, 1.807) is 0 Å². The molecule has 0 radical (unpaired) electrons. The first-order valence-corrected chi connectivity index (χ1v) is 31.4. The van der Waals surface area contributed by atoms with E-state index in [4.69, 9.17) is 26.6 Å². The Labute approximate surface area is 231 Å². The molecule has 0 saturated heterocycles. The number of hydrogen-bond donors (Lipinski definition) is 2. The highest BCUT2D eigenvalue weighted by Gasteiger charge is 2.50. The summed E-state index contributed by atoms with van der Waals surface area (Å²) in [6, 6.07) is 2.72. The normalized spacial score (nSPS) is 19.4. The van der Waals surface area contributed by atoms with Crippen LogP contribution in [0.3, 0.4) is 0 Å². The maximum Gasteiger partial charge on any atom is 0.326 e.